The quantitative estimate of drug-likeness (QED) is 0.720. The second kappa shape index (κ2) is 9.72. The van der Waals surface area contributed by atoms with Gasteiger partial charge in [-0.25, -0.2) is 0 Å². The van der Waals surface area contributed by atoms with Gasteiger partial charge in [0.15, 0.2) is 6.61 Å². The van der Waals surface area contributed by atoms with Crippen molar-refractivity contribution in [3.8, 4) is 11.5 Å². The highest BCUT2D eigenvalue weighted by Crippen LogP contribution is 2.18. The van der Waals surface area contributed by atoms with Crippen LogP contribution in [-0.4, -0.2) is 19.1 Å². The average Bonchev–Trinajstić information content (AvgIpc) is 2.60. The molecular formula is C21H27NO3. The largest absolute Gasteiger partial charge is 0.494 e. The van der Waals surface area contributed by atoms with Gasteiger partial charge < -0.3 is 14.8 Å². The smallest absolute Gasteiger partial charge is 0.262 e. The molecule has 25 heavy (non-hydrogen) atoms. The maximum atomic E-state index is 12.1. The average molecular weight is 341 g/mol. The summed E-state index contributed by atoms with van der Waals surface area (Å²) in [5.41, 5.74) is 1.89. The van der Waals surface area contributed by atoms with E-state index in [0.29, 0.717) is 24.0 Å². The Kier molecular flexibility index (Phi) is 7.33. The van der Waals surface area contributed by atoms with E-state index in [-0.39, 0.29) is 12.5 Å². The molecule has 0 bridgehead atoms. The summed E-state index contributed by atoms with van der Waals surface area (Å²) >= 11 is 0. The van der Waals surface area contributed by atoms with Crippen LogP contribution in [0.3, 0.4) is 0 Å². The summed E-state index contributed by atoms with van der Waals surface area (Å²) in [5, 5.41) is 2.84. The number of carbonyl (C=O) groups excluding carboxylic acids is 1. The normalized spacial score (nSPS) is 10.6. The van der Waals surface area contributed by atoms with Crippen LogP contribution in [0.1, 0.15) is 32.8 Å². The predicted octanol–water partition coefficient (Wildman–Crippen LogP) is 4.69. The van der Waals surface area contributed by atoms with E-state index in [1.54, 1.807) is 0 Å². The summed E-state index contributed by atoms with van der Waals surface area (Å²) in [4.78, 5) is 12.1. The van der Waals surface area contributed by atoms with E-state index in [4.69, 9.17) is 9.47 Å². The number of benzene rings is 2. The Morgan fingerprint density at radius 2 is 1.76 bits per heavy atom. The lowest BCUT2D eigenvalue weighted by molar-refractivity contribution is -0.118. The monoisotopic (exact) mass is 341 g/mol. The third-order valence-corrected chi connectivity index (χ3v) is 3.76. The van der Waals surface area contributed by atoms with E-state index in [9.17, 15) is 4.79 Å². The van der Waals surface area contributed by atoms with Crippen molar-refractivity contribution in [1.82, 2.24) is 0 Å². The molecule has 0 aliphatic rings. The lowest BCUT2D eigenvalue weighted by Crippen LogP contribution is -2.20. The van der Waals surface area contributed by atoms with Crippen molar-refractivity contribution < 1.29 is 14.3 Å². The molecule has 1 N–H and O–H groups in total. The Morgan fingerprint density at radius 1 is 1.04 bits per heavy atom. The Hall–Kier alpha value is -2.49. The first-order chi connectivity index (χ1) is 12.1. The number of nitrogens with one attached hydrogen (secondary N) is 1. The molecule has 0 aromatic heterocycles. The van der Waals surface area contributed by atoms with E-state index in [1.807, 2.05) is 48.5 Å². The Balaban J connectivity index is 1.83. The number of rotatable bonds is 9. The van der Waals surface area contributed by atoms with Crippen LogP contribution in [0.5, 0.6) is 11.5 Å². The van der Waals surface area contributed by atoms with Crippen LogP contribution in [0, 0.1) is 5.92 Å². The van der Waals surface area contributed by atoms with Gasteiger partial charge in [-0.15, -0.1) is 0 Å². The molecule has 0 spiro atoms. The predicted molar refractivity (Wildman–Crippen MR) is 101 cm³/mol. The molecule has 2 aromatic carbocycles. The zero-order valence-electron chi connectivity index (χ0n) is 15.2. The standard InChI is InChI=1S/C21H27NO3/c1-4-17-7-5-9-19(13-17)25-15-21(23)22-18-8-6-10-20(14-18)24-12-11-16(2)3/h5-10,13-14,16H,4,11-12,15H2,1-3H3,(H,22,23). The lowest BCUT2D eigenvalue weighted by atomic mass is 10.1. The van der Waals surface area contributed by atoms with Crippen LogP contribution in [0.4, 0.5) is 5.69 Å². The highest BCUT2D eigenvalue weighted by atomic mass is 16.5. The summed E-state index contributed by atoms with van der Waals surface area (Å²) in [6, 6.07) is 15.2. The summed E-state index contributed by atoms with van der Waals surface area (Å²) in [7, 11) is 0. The van der Waals surface area contributed by atoms with Crippen molar-refractivity contribution in [2.75, 3.05) is 18.5 Å². The molecule has 2 aromatic rings. The van der Waals surface area contributed by atoms with E-state index >= 15 is 0 Å². The van der Waals surface area contributed by atoms with Gasteiger partial charge in [0.1, 0.15) is 11.5 Å². The minimum absolute atomic E-state index is 0.0222. The van der Waals surface area contributed by atoms with E-state index in [1.165, 1.54) is 5.56 Å². The summed E-state index contributed by atoms with van der Waals surface area (Å²) in [5.74, 6) is 1.88. The van der Waals surface area contributed by atoms with E-state index in [0.717, 1.165) is 18.6 Å². The van der Waals surface area contributed by atoms with Crippen LogP contribution in [-0.2, 0) is 11.2 Å². The number of ether oxygens (including phenoxy) is 2. The van der Waals surface area contributed by atoms with Gasteiger partial charge in [-0.3, -0.25) is 4.79 Å². The van der Waals surface area contributed by atoms with Gasteiger partial charge in [0.05, 0.1) is 6.61 Å². The van der Waals surface area contributed by atoms with Gasteiger partial charge >= 0.3 is 0 Å². The Labute approximate surface area is 150 Å². The maximum absolute atomic E-state index is 12.1. The van der Waals surface area contributed by atoms with Gasteiger partial charge in [-0.2, -0.15) is 0 Å². The second-order valence-corrected chi connectivity index (χ2v) is 6.40. The minimum Gasteiger partial charge on any atom is -0.494 e. The zero-order chi connectivity index (χ0) is 18.1. The molecule has 1 amide bonds. The summed E-state index contributed by atoms with van der Waals surface area (Å²) < 4.78 is 11.3. The number of aryl methyl sites for hydroxylation is 1. The summed E-state index contributed by atoms with van der Waals surface area (Å²) in [6.07, 6.45) is 1.94. The first-order valence-corrected chi connectivity index (χ1v) is 8.81. The molecule has 134 valence electrons. The third kappa shape index (κ3) is 6.87. The van der Waals surface area contributed by atoms with E-state index in [2.05, 4.69) is 26.1 Å². The van der Waals surface area contributed by atoms with Gasteiger partial charge in [0, 0.05) is 11.8 Å². The molecule has 0 heterocycles. The molecule has 0 radical (unpaired) electrons. The number of anilines is 1. The zero-order valence-corrected chi connectivity index (χ0v) is 15.2. The fourth-order valence-electron chi connectivity index (χ4n) is 2.28. The van der Waals surface area contributed by atoms with Gasteiger partial charge in [-0.05, 0) is 48.6 Å². The number of amides is 1. The van der Waals surface area contributed by atoms with Crippen molar-refractivity contribution >= 4 is 11.6 Å². The van der Waals surface area contributed by atoms with Gasteiger partial charge in [0.25, 0.3) is 5.91 Å². The first-order valence-electron chi connectivity index (χ1n) is 8.81. The number of carbonyl (C=O) groups is 1. The molecule has 4 nitrogen and oxygen atoms in total. The third-order valence-electron chi connectivity index (χ3n) is 3.76. The molecule has 2 rings (SSSR count). The van der Waals surface area contributed by atoms with Crippen molar-refractivity contribution in [3.63, 3.8) is 0 Å². The SMILES string of the molecule is CCc1cccc(OCC(=O)Nc2cccc(OCCC(C)C)c2)c1. The van der Waals surface area contributed by atoms with Crippen molar-refractivity contribution in [1.29, 1.82) is 0 Å². The highest BCUT2D eigenvalue weighted by molar-refractivity contribution is 5.92. The van der Waals surface area contributed by atoms with Crippen LogP contribution in [0.2, 0.25) is 0 Å². The maximum Gasteiger partial charge on any atom is 0.262 e. The van der Waals surface area contributed by atoms with Gasteiger partial charge in [0.2, 0.25) is 0 Å². The molecule has 0 saturated carbocycles. The Morgan fingerprint density at radius 3 is 2.48 bits per heavy atom. The lowest BCUT2D eigenvalue weighted by Gasteiger charge is -2.11. The fourth-order valence-corrected chi connectivity index (χ4v) is 2.28. The minimum atomic E-state index is -0.193. The van der Waals surface area contributed by atoms with Crippen LogP contribution >= 0.6 is 0 Å². The molecule has 0 fully saturated rings. The molecule has 0 aliphatic heterocycles. The van der Waals surface area contributed by atoms with Crippen LogP contribution in [0.25, 0.3) is 0 Å². The molecular weight excluding hydrogens is 314 g/mol. The molecule has 0 aliphatic carbocycles. The molecule has 0 atom stereocenters. The van der Waals surface area contributed by atoms with Gasteiger partial charge in [-0.1, -0.05) is 39.0 Å². The first kappa shape index (κ1) is 18.8. The van der Waals surface area contributed by atoms with Crippen LogP contribution < -0.4 is 14.8 Å². The topological polar surface area (TPSA) is 47.6 Å². The molecule has 4 heteroatoms. The van der Waals surface area contributed by atoms with Crippen molar-refractivity contribution in [2.24, 2.45) is 5.92 Å². The van der Waals surface area contributed by atoms with Crippen molar-refractivity contribution in [2.45, 2.75) is 33.6 Å². The summed E-state index contributed by atoms with van der Waals surface area (Å²) in [6.45, 7) is 7.06. The van der Waals surface area contributed by atoms with E-state index < -0.39 is 0 Å². The Bertz CT molecular complexity index is 682. The molecule has 0 saturated heterocycles. The number of hydrogen-bond donors (Lipinski definition) is 1. The molecule has 0 unspecified atom stereocenters. The number of hydrogen-bond acceptors (Lipinski definition) is 3. The second-order valence-electron chi connectivity index (χ2n) is 6.40. The van der Waals surface area contributed by atoms with Crippen molar-refractivity contribution in [3.05, 3.63) is 54.1 Å². The van der Waals surface area contributed by atoms with Crippen LogP contribution in [0.15, 0.2) is 48.5 Å². The highest BCUT2D eigenvalue weighted by Gasteiger charge is 2.05. The fraction of sp³-hybridized carbons (Fsp3) is 0.381.